The number of likely N-dealkylation sites (tertiary alicyclic amines) is 1. The molecule has 0 unspecified atom stereocenters. The van der Waals surface area contributed by atoms with Crippen LogP contribution in [0.4, 0.5) is 0 Å². The van der Waals surface area contributed by atoms with Crippen molar-refractivity contribution in [1.29, 1.82) is 0 Å². The summed E-state index contributed by atoms with van der Waals surface area (Å²) in [6.45, 7) is 10.4. The number of nitrogens with one attached hydrogen (secondary N) is 1. The molecular weight excluding hydrogens is 437 g/mol. The number of halogens is 1. The smallest absolute Gasteiger partial charge is 0.193 e. The van der Waals surface area contributed by atoms with Gasteiger partial charge < -0.3 is 15.0 Å². The normalized spacial score (nSPS) is 16.3. The van der Waals surface area contributed by atoms with E-state index in [1.807, 2.05) is 7.05 Å². The first kappa shape index (κ1) is 23.2. The summed E-state index contributed by atoms with van der Waals surface area (Å²) in [5.74, 6) is 1.03. The van der Waals surface area contributed by atoms with E-state index in [0.29, 0.717) is 6.10 Å². The second-order valence-electron chi connectivity index (χ2n) is 6.90. The molecule has 1 heterocycles. The maximum atomic E-state index is 5.76. The summed E-state index contributed by atoms with van der Waals surface area (Å²) in [6, 6.07) is 10.9. The van der Waals surface area contributed by atoms with E-state index in [0.717, 1.165) is 57.9 Å². The van der Waals surface area contributed by atoms with Gasteiger partial charge in [0.25, 0.3) is 0 Å². The van der Waals surface area contributed by atoms with Crippen LogP contribution in [0.25, 0.3) is 0 Å². The predicted molar refractivity (Wildman–Crippen MR) is 122 cm³/mol. The summed E-state index contributed by atoms with van der Waals surface area (Å²) in [7, 11) is 1.89. The summed E-state index contributed by atoms with van der Waals surface area (Å²) in [5.41, 5.74) is 1.57. The molecule has 0 amide bonds. The SMILES string of the molecule is CCOC1CCN(C(=NC)NCC(CC)(CC)c2ccccc2)CC1.I. The molecule has 0 bridgehead atoms. The Kier molecular flexibility index (Phi) is 10.5. The first-order valence-electron chi connectivity index (χ1n) is 9.81. The molecule has 5 heteroatoms. The Morgan fingerprint density at radius 1 is 1.15 bits per heavy atom. The van der Waals surface area contributed by atoms with E-state index in [2.05, 4.69) is 66.3 Å². The highest BCUT2D eigenvalue weighted by atomic mass is 127. The van der Waals surface area contributed by atoms with Crippen molar-refractivity contribution in [1.82, 2.24) is 10.2 Å². The van der Waals surface area contributed by atoms with Crippen LogP contribution in [-0.4, -0.2) is 50.3 Å². The number of aliphatic imine (C=N–C) groups is 1. The van der Waals surface area contributed by atoms with Gasteiger partial charge in [-0.25, -0.2) is 0 Å². The van der Waals surface area contributed by atoms with Crippen molar-refractivity contribution in [2.75, 3.05) is 33.3 Å². The van der Waals surface area contributed by atoms with Gasteiger partial charge in [-0.3, -0.25) is 4.99 Å². The molecule has 26 heavy (non-hydrogen) atoms. The minimum absolute atomic E-state index is 0. The fourth-order valence-corrected chi connectivity index (χ4v) is 3.85. The van der Waals surface area contributed by atoms with Crippen molar-refractivity contribution < 1.29 is 4.74 Å². The summed E-state index contributed by atoms with van der Waals surface area (Å²) in [5, 5.41) is 3.66. The van der Waals surface area contributed by atoms with E-state index in [-0.39, 0.29) is 29.4 Å². The Morgan fingerprint density at radius 2 is 1.77 bits per heavy atom. The zero-order chi connectivity index (χ0) is 18.1. The minimum atomic E-state index is 0. The van der Waals surface area contributed by atoms with Crippen LogP contribution in [0.2, 0.25) is 0 Å². The molecule has 0 spiro atoms. The lowest BCUT2D eigenvalue weighted by Gasteiger charge is -2.37. The molecule has 1 aromatic rings. The topological polar surface area (TPSA) is 36.9 Å². The first-order valence-corrected chi connectivity index (χ1v) is 9.81. The van der Waals surface area contributed by atoms with Crippen molar-refractivity contribution >= 4 is 29.9 Å². The molecule has 0 saturated carbocycles. The number of piperidine rings is 1. The van der Waals surface area contributed by atoms with Crippen LogP contribution in [0.3, 0.4) is 0 Å². The van der Waals surface area contributed by atoms with Crippen LogP contribution < -0.4 is 5.32 Å². The van der Waals surface area contributed by atoms with E-state index in [4.69, 9.17) is 4.74 Å². The molecule has 1 saturated heterocycles. The van der Waals surface area contributed by atoms with Crippen molar-refractivity contribution in [2.24, 2.45) is 4.99 Å². The molecule has 148 valence electrons. The number of rotatable bonds is 7. The van der Waals surface area contributed by atoms with Gasteiger partial charge in [0.1, 0.15) is 0 Å². The Morgan fingerprint density at radius 3 is 2.27 bits per heavy atom. The molecule has 0 aromatic heterocycles. The Hall–Kier alpha value is -0.820. The molecule has 1 N–H and O–H groups in total. The van der Waals surface area contributed by atoms with Crippen molar-refractivity contribution in [3.63, 3.8) is 0 Å². The maximum absolute atomic E-state index is 5.76. The fraction of sp³-hybridized carbons (Fsp3) is 0.667. The van der Waals surface area contributed by atoms with Crippen LogP contribution in [0.5, 0.6) is 0 Å². The third-order valence-electron chi connectivity index (χ3n) is 5.68. The average molecular weight is 473 g/mol. The number of nitrogens with zero attached hydrogens (tertiary/aromatic N) is 2. The van der Waals surface area contributed by atoms with Crippen LogP contribution >= 0.6 is 24.0 Å². The third-order valence-corrected chi connectivity index (χ3v) is 5.68. The Labute approximate surface area is 176 Å². The first-order chi connectivity index (χ1) is 12.2. The fourth-order valence-electron chi connectivity index (χ4n) is 3.85. The lowest BCUT2D eigenvalue weighted by Crippen LogP contribution is -2.50. The summed E-state index contributed by atoms with van der Waals surface area (Å²) in [6.07, 6.45) is 4.81. The maximum Gasteiger partial charge on any atom is 0.193 e. The molecule has 0 radical (unpaired) electrons. The standard InChI is InChI=1S/C21H35N3O.HI/c1-5-21(6-2,18-11-9-8-10-12-18)17-23-20(22-4)24-15-13-19(14-16-24)25-7-3;/h8-12,19H,5-7,13-17H2,1-4H3,(H,22,23);1H. The number of hydrogen-bond acceptors (Lipinski definition) is 2. The van der Waals surface area contributed by atoms with Gasteiger partial charge in [-0.15, -0.1) is 24.0 Å². The van der Waals surface area contributed by atoms with Gasteiger partial charge in [-0.05, 0) is 38.2 Å². The van der Waals surface area contributed by atoms with Crippen LogP contribution in [-0.2, 0) is 10.2 Å². The number of ether oxygens (including phenoxy) is 1. The summed E-state index contributed by atoms with van der Waals surface area (Å²) in [4.78, 5) is 6.91. The van der Waals surface area contributed by atoms with Crippen LogP contribution in [0.15, 0.2) is 35.3 Å². The average Bonchev–Trinajstić information content (AvgIpc) is 2.68. The molecule has 0 atom stereocenters. The van der Waals surface area contributed by atoms with Crippen LogP contribution in [0.1, 0.15) is 52.0 Å². The van der Waals surface area contributed by atoms with Crippen molar-refractivity contribution in [3.8, 4) is 0 Å². The third kappa shape index (κ3) is 5.84. The predicted octanol–water partition coefficient (Wildman–Crippen LogP) is 4.44. The molecule has 1 aliphatic heterocycles. The van der Waals surface area contributed by atoms with E-state index < -0.39 is 0 Å². The van der Waals surface area contributed by atoms with Gasteiger partial charge in [0.2, 0.25) is 0 Å². The van der Waals surface area contributed by atoms with Gasteiger partial charge in [0, 0.05) is 38.7 Å². The molecule has 1 aromatic carbocycles. The number of hydrogen-bond donors (Lipinski definition) is 1. The minimum Gasteiger partial charge on any atom is -0.378 e. The Balaban J connectivity index is 0.00000338. The monoisotopic (exact) mass is 473 g/mol. The van der Waals surface area contributed by atoms with Gasteiger partial charge in [0.05, 0.1) is 6.10 Å². The van der Waals surface area contributed by atoms with Crippen LogP contribution in [0, 0.1) is 0 Å². The second kappa shape index (κ2) is 11.8. The molecule has 1 fully saturated rings. The van der Waals surface area contributed by atoms with Crippen molar-refractivity contribution in [2.45, 2.75) is 58.0 Å². The van der Waals surface area contributed by atoms with E-state index in [9.17, 15) is 0 Å². The highest BCUT2D eigenvalue weighted by molar-refractivity contribution is 14.0. The van der Waals surface area contributed by atoms with Gasteiger partial charge in [0.15, 0.2) is 5.96 Å². The molecule has 2 rings (SSSR count). The highest BCUT2D eigenvalue weighted by Gasteiger charge is 2.29. The van der Waals surface area contributed by atoms with Gasteiger partial charge in [-0.1, -0.05) is 44.2 Å². The second-order valence-corrected chi connectivity index (χ2v) is 6.90. The molecule has 4 nitrogen and oxygen atoms in total. The number of guanidine groups is 1. The Bertz CT molecular complexity index is 523. The highest BCUT2D eigenvalue weighted by Crippen LogP contribution is 2.31. The molecular formula is C21H36IN3O. The lowest BCUT2D eigenvalue weighted by atomic mass is 9.76. The zero-order valence-corrected chi connectivity index (χ0v) is 19.2. The quantitative estimate of drug-likeness (QED) is 0.362. The van der Waals surface area contributed by atoms with Gasteiger partial charge in [-0.2, -0.15) is 0 Å². The van der Waals surface area contributed by atoms with E-state index in [1.54, 1.807) is 0 Å². The van der Waals surface area contributed by atoms with Gasteiger partial charge >= 0.3 is 0 Å². The zero-order valence-electron chi connectivity index (χ0n) is 16.8. The summed E-state index contributed by atoms with van der Waals surface area (Å²) < 4.78 is 5.76. The molecule has 1 aliphatic rings. The van der Waals surface area contributed by atoms with E-state index >= 15 is 0 Å². The molecule has 0 aliphatic carbocycles. The largest absolute Gasteiger partial charge is 0.378 e. The van der Waals surface area contributed by atoms with Crippen molar-refractivity contribution in [3.05, 3.63) is 35.9 Å². The van der Waals surface area contributed by atoms with E-state index in [1.165, 1.54) is 5.56 Å². The summed E-state index contributed by atoms with van der Waals surface area (Å²) >= 11 is 0. The lowest BCUT2D eigenvalue weighted by molar-refractivity contribution is 0.0263. The number of benzene rings is 1.